The Morgan fingerprint density at radius 2 is 1.88 bits per heavy atom. The van der Waals surface area contributed by atoms with Crippen molar-refractivity contribution in [2.75, 3.05) is 6.61 Å². The first kappa shape index (κ1) is 24.5. The van der Waals surface area contributed by atoms with Crippen LogP contribution in [-0.2, 0) is 16.2 Å². The van der Waals surface area contributed by atoms with Crippen molar-refractivity contribution in [3.05, 3.63) is 40.8 Å². The first-order valence-electron chi connectivity index (χ1n) is 11.8. The molecule has 1 aromatic heterocycles. The van der Waals surface area contributed by atoms with E-state index in [-0.39, 0.29) is 18.2 Å². The number of halogens is 1. The Hall–Kier alpha value is -1.64. The van der Waals surface area contributed by atoms with Gasteiger partial charge in [-0.15, -0.1) is 0 Å². The van der Waals surface area contributed by atoms with Crippen LogP contribution in [0, 0.1) is 5.92 Å². The van der Waals surface area contributed by atoms with E-state index in [4.69, 9.17) is 14.5 Å². The lowest BCUT2D eigenvalue weighted by Crippen LogP contribution is -2.39. The van der Waals surface area contributed by atoms with E-state index >= 15 is 0 Å². The largest absolute Gasteiger partial charge is 0.444 e. The number of hydrogen-bond acceptors (Lipinski definition) is 4. The van der Waals surface area contributed by atoms with E-state index in [1.54, 1.807) is 0 Å². The van der Waals surface area contributed by atoms with Crippen molar-refractivity contribution in [2.45, 2.75) is 83.7 Å². The van der Waals surface area contributed by atoms with Gasteiger partial charge in [-0.25, -0.2) is 9.78 Å². The topological polar surface area (TPSA) is 56.6 Å². The maximum atomic E-state index is 13.1. The number of hydrogen-bond donors (Lipinski definition) is 0. The molecule has 180 valence electrons. The average molecular weight is 535 g/mol. The summed E-state index contributed by atoms with van der Waals surface area (Å²) in [5.74, 6) is 1.43. The third-order valence-electron chi connectivity index (χ3n) is 6.18. The third kappa shape index (κ3) is 6.08. The lowest BCUT2D eigenvalue weighted by molar-refractivity contribution is 0.0159. The summed E-state index contributed by atoms with van der Waals surface area (Å²) >= 11 is 3.51. The monoisotopic (exact) mass is 533 g/mol. The highest BCUT2D eigenvalue weighted by Gasteiger charge is 2.56. The molecule has 1 amide bonds. The number of piperidine rings is 1. The Morgan fingerprint density at radius 3 is 2.52 bits per heavy atom. The minimum atomic E-state index is -1.16. The minimum Gasteiger partial charge on any atom is -0.444 e. The van der Waals surface area contributed by atoms with E-state index in [0.29, 0.717) is 12.6 Å². The molecule has 1 saturated carbocycles. The zero-order valence-electron chi connectivity index (χ0n) is 20.6. The zero-order valence-corrected chi connectivity index (χ0v) is 23.2. The van der Waals surface area contributed by atoms with E-state index < -0.39 is 13.7 Å². The van der Waals surface area contributed by atoms with Crippen LogP contribution in [0.15, 0.2) is 34.9 Å². The summed E-state index contributed by atoms with van der Waals surface area (Å²) in [6.45, 7) is 14.0. The molecular formula is C25H36BrN3O3Si. The number of fused-ring (bicyclic) bond motifs is 1. The fraction of sp³-hybridized carbons (Fsp3) is 0.600. The molecular weight excluding hydrogens is 498 g/mol. The van der Waals surface area contributed by atoms with Crippen LogP contribution >= 0.6 is 15.9 Å². The number of rotatable bonds is 7. The molecule has 2 fully saturated rings. The number of likely N-dealkylation sites (tertiary alicyclic amines) is 1. The smallest absolute Gasteiger partial charge is 0.411 e. The second-order valence-corrected chi connectivity index (χ2v) is 18.0. The fourth-order valence-electron chi connectivity index (χ4n) is 4.36. The number of amides is 1. The Bertz CT molecular complexity index is 994. The molecule has 4 rings (SSSR count). The van der Waals surface area contributed by atoms with Crippen molar-refractivity contribution in [3.63, 3.8) is 0 Å². The van der Waals surface area contributed by atoms with Gasteiger partial charge in [0.15, 0.2) is 0 Å². The highest BCUT2D eigenvalue weighted by molar-refractivity contribution is 9.10. The maximum absolute atomic E-state index is 13.1. The lowest BCUT2D eigenvalue weighted by atomic mass is 10.1. The van der Waals surface area contributed by atoms with Crippen molar-refractivity contribution in [2.24, 2.45) is 5.92 Å². The van der Waals surface area contributed by atoms with Crippen LogP contribution in [0.2, 0.25) is 25.7 Å². The lowest BCUT2D eigenvalue weighted by Gasteiger charge is -2.30. The van der Waals surface area contributed by atoms with E-state index in [2.05, 4.69) is 58.5 Å². The summed E-state index contributed by atoms with van der Waals surface area (Å²) in [6, 6.07) is 9.46. The molecule has 2 aliphatic rings. The van der Waals surface area contributed by atoms with Crippen molar-refractivity contribution in [1.82, 2.24) is 14.5 Å². The molecule has 1 aliphatic carbocycles. The molecule has 0 N–H and O–H groups in total. The van der Waals surface area contributed by atoms with Gasteiger partial charge in [-0.1, -0.05) is 47.7 Å². The highest BCUT2D eigenvalue weighted by Crippen LogP contribution is 2.53. The summed E-state index contributed by atoms with van der Waals surface area (Å²) in [5, 5.41) is 0. The highest BCUT2D eigenvalue weighted by atomic mass is 79.9. The molecule has 0 spiro atoms. The van der Waals surface area contributed by atoms with Gasteiger partial charge in [0.25, 0.3) is 0 Å². The van der Waals surface area contributed by atoms with Crippen LogP contribution in [0.3, 0.4) is 0 Å². The fourth-order valence-corrected chi connectivity index (χ4v) is 5.39. The zero-order chi connectivity index (χ0) is 24.0. The molecule has 0 unspecified atom stereocenters. The number of imidazole rings is 1. The number of nitrogens with zero attached hydrogens (tertiary/aromatic N) is 3. The van der Waals surface area contributed by atoms with E-state index in [9.17, 15) is 4.79 Å². The van der Waals surface area contributed by atoms with Crippen LogP contribution < -0.4 is 0 Å². The Labute approximate surface area is 206 Å². The normalized spacial score (nSPS) is 22.4. The van der Waals surface area contributed by atoms with E-state index in [1.165, 1.54) is 0 Å². The summed E-state index contributed by atoms with van der Waals surface area (Å²) in [6.07, 6.45) is 3.81. The number of benzene rings is 1. The van der Waals surface area contributed by atoms with Crippen LogP contribution in [0.1, 0.15) is 45.5 Å². The van der Waals surface area contributed by atoms with Gasteiger partial charge in [0.2, 0.25) is 0 Å². The predicted molar refractivity (Wildman–Crippen MR) is 137 cm³/mol. The quantitative estimate of drug-likeness (QED) is 0.293. The third-order valence-corrected chi connectivity index (χ3v) is 8.41. The number of ether oxygens (including phenoxy) is 2. The Morgan fingerprint density at radius 1 is 1.18 bits per heavy atom. The van der Waals surface area contributed by atoms with Gasteiger partial charge < -0.3 is 14.0 Å². The summed E-state index contributed by atoms with van der Waals surface area (Å²) < 4.78 is 15.0. The first-order chi connectivity index (χ1) is 15.4. The number of carbonyl (C=O) groups excluding carboxylic acids is 1. The van der Waals surface area contributed by atoms with Crippen LogP contribution in [-0.4, -0.2) is 46.9 Å². The van der Waals surface area contributed by atoms with Crippen LogP contribution in [0.25, 0.3) is 11.3 Å². The van der Waals surface area contributed by atoms with Crippen molar-refractivity contribution < 1.29 is 14.3 Å². The van der Waals surface area contributed by atoms with Gasteiger partial charge in [-0.05, 0) is 57.7 Å². The second kappa shape index (κ2) is 9.19. The van der Waals surface area contributed by atoms with Crippen LogP contribution in [0.4, 0.5) is 4.79 Å². The maximum Gasteiger partial charge on any atom is 0.411 e. The van der Waals surface area contributed by atoms with Gasteiger partial charge >= 0.3 is 6.09 Å². The molecule has 33 heavy (non-hydrogen) atoms. The molecule has 0 radical (unpaired) electrons. The van der Waals surface area contributed by atoms with E-state index in [1.807, 2.05) is 37.8 Å². The molecule has 1 saturated heterocycles. The Kier molecular flexibility index (Phi) is 6.82. The van der Waals surface area contributed by atoms with Gasteiger partial charge in [-0.3, -0.25) is 4.90 Å². The van der Waals surface area contributed by atoms with E-state index in [0.717, 1.165) is 47.0 Å². The SMILES string of the molecule is CC(C)(C)OC(=O)N1[C@@H]2C[C@@H]2C[C@H]1c1nc(-c2ccc(Br)cc2)cn1COCC[Si](C)(C)C. The molecule has 6 nitrogen and oxygen atoms in total. The standard InChI is InChI=1S/C25H36BrN3O3Si/c1-25(2,3)32-24(30)29-21-13-18(21)14-22(29)23-27-20(17-7-9-19(26)10-8-17)15-28(23)16-31-11-12-33(4,5)6/h7-10,15,18,21-22H,11-14,16H2,1-6H3/t18-,21-,22+/m1/s1. The number of aromatic nitrogens is 2. The van der Waals surface area contributed by atoms with Crippen molar-refractivity contribution >= 4 is 30.1 Å². The summed E-state index contributed by atoms with van der Waals surface area (Å²) in [4.78, 5) is 20.1. The van der Waals surface area contributed by atoms with Gasteiger partial charge in [0, 0.05) is 37.0 Å². The molecule has 1 aliphatic heterocycles. The second-order valence-electron chi connectivity index (χ2n) is 11.5. The molecule has 2 aromatic rings. The molecule has 8 heteroatoms. The van der Waals surface area contributed by atoms with Crippen LogP contribution in [0.5, 0.6) is 0 Å². The van der Waals surface area contributed by atoms with Crippen molar-refractivity contribution in [3.8, 4) is 11.3 Å². The van der Waals surface area contributed by atoms with Crippen molar-refractivity contribution in [1.29, 1.82) is 0 Å². The van der Waals surface area contributed by atoms with Gasteiger partial charge in [0.05, 0.1) is 11.7 Å². The molecule has 2 heterocycles. The van der Waals surface area contributed by atoms with Gasteiger partial charge in [-0.2, -0.15) is 0 Å². The minimum absolute atomic E-state index is 0.0895. The average Bonchev–Trinajstić information content (AvgIpc) is 3.16. The molecule has 3 atom stereocenters. The first-order valence-corrected chi connectivity index (χ1v) is 16.3. The molecule has 1 aromatic carbocycles. The number of carbonyl (C=O) groups is 1. The Balaban J connectivity index is 1.60. The molecule has 0 bridgehead atoms. The summed E-state index contributed by atoms with van der Waals surface area (Å²) in [7, 11) is -1.16. The predicted octanol–water partition coefficient (Wildman–Crippen LogP) is 6.70. The van der Waals surface area contributed by atoms with Gasteiger partial charge in [0.1, 0.15) is 18.2 Å². The summed E-state index contributed by atoms with van der Waals surface area (Å²) in [5.41, 5.74) is 1.43.